The summed E-state index contributed by atoms with van der Waals surface area (Å²) in [7, 11) is 0. The van der Waals surface area contributed by atoms with Gasteiger partial charge in [0.05, 0.1) is 6.10 Å². The van der Waals surface area contributed by atoms with Crippen LogP contribution in [-0.4, -0.2) is 12.7 Å². The predicted molar refractivity (Wildman–Crippen MR) is 133 cm³/mol. The molecule has 9 heteroatoms. The fourth-order valence-electron chi connectivity index (χ4n) is 6.00. The normalized spacial score (nSPS) is 24.1. The van der Waals surface area contributed by atoms with E-state index in [-0.39, 0.29) is 23.7 Å². The van der Waals surface area contributed by atoms with Crippen molar-refractivity contribution in [2.75, 3.05) is 6.61 Å². The molecule has 2 unspecified atom stereocenters. The van der Waals surface area contributed by atoms with Crippen LogP contribution < -0.4 is 4.74 Å². The molecule has 1 heterocycles. The Hall–Kier alpha value is -2.29. The Morgan fingerprint density at radius 2 is 1.51 bits per heavy atom. The molecule has 1 saturated heterocycles. The minimum absolute atomic E-state index is 0.185. The number of hydrogen-bond donors (Lipinski definition) is 0. The van der Waals surface area contributed by atoms with Crippen molar-refractivity contribution in [1.29, 1.82) is 0 Å². The van der Waals surface area contributed by atoms with Gasteiger partial charge in [0.15, 0.2) is 17.5 Å². The molecular formula is C30H35F7O2. The lowest BCUT2D eigenvalue weighted by molar-refractivity contribution is -0.190. The summed E-state index contributed by atoms with van der Waals surface area (Å²) in [5.41, 5.74) is -2.15. The predicted octanol–water partition coefficient (Wildman–Crippen LogP) is 9.47. The molecule has 216 valence electrons. The van der Waals surface area contributed by atoms with Gasteiger partial charge in [-0.05, 0) is 87.3 Å². The molecule has 0 bridgehead atoms. The van der Waals surface area contributed by atoms with Gasteiger partial charge >= 0.3 is 6.11 Å². The molecule has 4 rings (SSSR count). The molecule has 2 aromatic carbocycles. The molecule has 1 aliphatic heterocycles. The van der Waals surface area contributed by atoms with E-state index in [0.717, 1.165) is 51.3 Å². The minimum Gasteiger partial charge on any atom is -0.428 e. The third-order valence-corrected chi connectivity index (χ3v) is 8.34. The highest BCUT2D eigenvalue weighted by Gasteiger charge is 2.42. The summed E-state index contributed by atoms with van der Waals surface area (Å²) in [6.07, 6.45) is 5.57. The molecule has 1 aliphatic carbocycles. The number of ether oxygens (including phenoxy) is 2. The molecule has 2 atom stereocenters. The molecule has 0 radical (unpaired) electrons. The summed E-state index contributed by atoms with van der Waals surface area (Å²) in [5.74, 6) is -8.67. The van der Waals surface area contributed by atoms with Gasteiger partial charge in [0, 0.05) is 18.2 Å². The Labute approximate surface area is 224 Å². The second kappa shape index (κ2) is 12.5. The highest BCUT2D eigenvalue weighted by atomic mass is 19.3. The van der Waals surface area contributed by atoms with Gasteiger partial charge in [-0.25, -0.2) is 22.0 Å². The third-order valence-electron chi connectivity index (χ3n) is 8.34. The van der Waals surface area contributed by atoms with Crippen LogP contribution in [0, 0.1) is 47.8 Å². The first kappa shape index (κ1) is 29.7. The summed E-state index contributed by atoms with van der Waals surface area (Å²) in [6, 6.07) is 1.96. The van der Waals surface area contributed by atoms with Crippen LogP contribution in [0.4, 0.5) is 30.7 Å². The molecule has 2 aromatic rings. The van der Waals surface area contributed by atoms with E-state index in [2.05, 4.69) is 11.7 Å². The smallest absolute Gasteiger partial charge is 0.428 e. The largest absolute Gasteiger partial charge is 0.432 e. The zero-order chi connectivity index (χ0) is 28.3. The van der Waals surface area contributed by atoms with Crippen LogP contribution in [0.3, 0.4) is 0 Å². The number of unbranched alkanes of at least 4 members (excludes halogenated alkanes) is 2. The Morgan fingerprint density at radius 3 is 2.10 bits per heavy atom. The summed E-state index contributed by atoms with van der Waals surface area (Å²) in [6.45, 7) is 3.85. The van der Waals surface area contributed by atoms with Gasteiger partial charge in [0.1, 0.15) is 22.9 Å². The topological polar surface area (TPSA) is 18.5 Å². The second-order valence-corrected chi connectivity index (χ2v) is 11.0. The molecule has 2 nitrogen and oxygen atoms in total. The number of rotatable bonds is 9. The fraction of sp³-hybridized carbons (Fsp3) is 0.600. The molecule has 1 saturated carbocycles. The quantitative estimate of drug-likeness (QED) is 0.173. The van der Waals surface area contributed by atoms with E-state index in [0.29, 0.717) is 24.7 Å². The maximum atomic E-state index is 14.9. The molecule has 2 aliphatic rings. The SMILES string of the molecule is CCCCCC1CCC(C2CCC(c3cc(F)c(C(F)(F)Oc4cc(F)c(F)c(F)c4C)c(F)c3)CC2)OC1. The Balaban J connectivity index is 1.38. The molecule has 39 heavy (non-hydrogen) atoms. The average molecular weight is 561 g/mol. The van der Waals surface area contributed by atoms with Crippen molar-refractivity contribution in [3.63, 3.8) is 0 Å². The Morgan fingerprint density at radius 1 is 0.846 bits per heavy atom. The molecular weight excluding hydrogens is 525 g/mol. The summed E-state index contributed by atoms with van der Waals surface area (Å²) < 4.78 is 111. The van der Waals surface area contributed by atoms with Gasteiger partial charge in [0.25, 0.3) is 0 Å². The van der Waals surface area contributed by atoms with Crippen LogP contribution in [0.5, 0.6) is 5.75 Å². The van der Waals surface area contributed by atoms with Crippen LogP contribution >= 0.6 is 0 Å². The molecule has 0 amide bonds. The van der Waals surface area contributed by atoms with E-state index < -0.39 is 52.1 Å². The van der Waals surface area contributed by atoms with Crippen molar-refractivity contribution in [3.05, 3.63) is 64.0 Å². The lowest BCUT2D eigenvalue weighted by Gasteiger charge is -2.38. The highest BCUT2D eigenvalue weighted by Crippen LogP contribution is 2.43. The van der Waals surface area contributed by atoms with Crippen molar-refractivity contribution < 1.29 is 40.2 Å². The molecule has 0 N–H and O–H groups in total. The highest BCUT2D eigenvalue weighted by molar-refractivity contribution is 5.37. The van der Waals surface area contributed by atoms with E-state index in [4.69, 9.17) is 4.74 Å². The van der Waals surface area contributed by atoms with Gasteiger partial charge in [-0.3, -0.25) is 0 Å². The van der Waals surface area contributed by atoms with Crippen molar-refractivity contribution >= 4 is 0 Å². The van der Waals surface area contributed by atoms with Crippen molar-refractivity contribution in [1.82, 2.24) is 0 Å². The average Bonchev–Trinajstić information content (AvgIpc) is 2.90. The number of benzene rings is 2. The number of halogens is 7. The first-order valence-corrected chi connectivity index (χ1v) is 13.8. The summed E-state index contributed by atoms with van der Waals surface area (Å²) in [5, 5.41) is 0. The monoisotopic (exact) mass is 560 g/mol. The van der Waals surface area contributed by atoms with E-state index in [1.807, 2.05) is 0 Å². The lowest BCUT2D eigenvalue weighted by atomic mass is 9.75. The van der Waals surface area contributed by atoms with E-state index in [9.17, 15) is 30.7 Å². The number of hydrogen-bond acceptors (Lipinski definition) is 2. The Kier molecular flexibility index (Phi) is 9.50. The van der Waals surface area contributed by atoms with Crippen molar-refractivity contribution in [3.8, 4) is 5.75 Å². The maximum Gasteiger partial charge on any atom is 0.432 e. The van der Waals surface area contributed by atoms with Crippen LogP contribution in [0.2, 0.25) is 0 Å². The Bertz CT molecular complexity index is 1110. The van der Waals surface area contributed by atoms with Crippen LogP contribution in [0.25, 0.3) is 0 Å². The fourth-order valence-corrected chi connectivity index (χ4v) is 6.00. The van der Waals surface area contributed by atoms with Crippen molar-refractivity contribution in [2.45, 2.75) is 96.2 Å². The van der Waals surface area contributed by atoms with E-state index in [1.165, 1.54) is 25.7 Å². The zero-order valence-corrected chi connectivity index (χ0v) is 22.3. The first-order chi connectivity index (χ1) is 18.5. The summed E-state index contributed by atoms with van der Waals surface area (Å²) >= 11 is 0. The lowest BCUT2D eigenvalue weighted by Crippen LogP contribution is -2.34. The minimum atomic E-state index is -4.60. The van der Waals surface area contributed by atoms with Crippen molar-refractivity contribution in [2.24, 2.45) is 11.8 Å². The van der Waals surface area contributed by atoms with Gasteiger partial charge in [-0.15, -0.1) is 0 Å². The number of alkyl halides is 2. The van der Waals surface area contributed by atoms with Crippen LogP contribution in [0.1, 0.15) is 93.7 Å². The van der Waals surface area contributed by atoms with E-state index >= 15 is 0 Å². The first-order valence-electron chi connectivity index (χ1n) is 13.8. The molecule has 0 spiro atoms. The van der Waals surface area contributed by atoms with Crippen LogP contribution in [0.15, 0.2) is 18.2 Å². The zero-order valence-electron chi connectivity index (χ0n) is 22.3. The third kappa shape index (κ3) is 6.72. The standard InChI is InChI=1S/C30H35F7O2/c1-3-4-5-6-18-7-12-25(38-16-18)20-10-8-19(9-11-20)21-13-22(31)27(23(32)14-21)30(36,37)39-26-15-24(33)29(35)28(34)17(26)2/h13-15,18-20,25H,3-12,16H2,1-2H3. The molecule has 0 aromatic heterocycles. The van der Waals surface area contributed by atoms with Gasteiger partial charge in [-0.1, -0.05) is 26.2 Å². The van der Waals surface area contributed by atoms with Gasteiger partial charge in [0.2, 0.25) is 0 Å². The second-order valence-electron chi connectivity index (χ2n) is 11.0. The van der Waals surface area contributed by atoms with E-state index in [1.54, 1.807) is 0 Å². The van der Waals surface area contributed by atoms with Gasteiger partial charge < -0.3 is 9.47 Å². The van der Waals surface area contributed by atoms with Crippen LogP contribution in [-0.2, 0) is 10.8 Å². The molecule has 2 fully saturated rings. The maximum absolute atomic E-state index is 14.9. The van der Waals surface area contributed by atoms with Gasteiger partial charge in [-0.2, -0.15) is 8.78 Å². The summed E-state index contributed by atoms with van der Waals surface area (Å²) in [4.78, 5) is 0.